The molecular weight excluding hydrogens is 352 g/mol. The van der Waals surface area contributed by atoms with Crippen molar-refractivity contribution in [2.24, 2.45) is 23.1 Å². The molecule has 7 N–H and O–H groups in total. The molecule has 2 aromatic carbocycles. The van der Waals surface area contributed by atoms with Crippen LogP contribution in [0.4, 0.5) is 0 Å². The summed E-state index contributed by atoms with van der Waals surface area (Å²) in [5.41, 5.74) is 21.5. The van der Waals surface area contributed by atoms with E-state index >= 15 is 0 Å². The average Bonchev–Trinajstić information content (AvgIpc) is 3.16. The molecule has 1 aliphatic carbocycles. The van der Waals surface area contributed by atoms with Gasteiger partial charge in [0.15, 0.2) is 0 Å². The lowest BCUT2D eigenvalue weighted by atomic mass is 9.89. The van der Waals surface area contributed by atoms with Crippen molar-refractivity contribution in [2.45, 2.75) is 42.7 Å². The van der Waals surface area contributed by atoms with Gasteiger partial charge in [-0.15, -0.1) is 11.8 Å². The predicted molar refractivity (Wildman–Crippen MR) is 116 cm³/mol. The topological polar surface area (TPSA) is 90.1 Å². The maximum absolute atomic E-state index is 5.88. The van der Waals surface area contributed by atoms with Gasteiger partial charge in [0.25, 0.3) is 0 Å². The van der Waals surface area contributed by atoms with E-state index in [2.05, 4.69) is 49.5 Å². The first-order valence-corrected chi connectivity index (χ1v) is 10.4. The quantitative estimate of drug-likeness (QED) is 0.484. The molecule has 0 spiro atoms. The Morgan fingerprint density at radius 1 is 0.926 bits per heavy atom. The van der Waals surface area contributed by atoms with Crippen LogP contribution in [0.3, 0.4) is 0 Å². The van der Waals surface area contributed by atoms with Gasteiger partial charge in [-0.1, -0.05) is 79.2 Å². The molecule has 144 valence electrons. The Labute approximate surface area is 166 Å². The van der Waals surface area contributed by atoms with Gasteiger partial charge in [-0.25, -0.2) is 0 Å². The summed E-state index contributed by atoms with van der Waals surface area (Å²) in [4.78, 5) is 0. The summed E-state index contributed by atoms with van der Waals surface area (Å²) in [6, 6.07) is 20.8. The summed E-state index contributed by atoms with van der Waals surface area (Å²) in [6.07, 6.45) is 1.96. The number of fused-ring (bicyclic) bond motifs is 1. The summed E-state index contributed by atoms with van der Waals surface area (Å²) in [6.45, 7) is 4.45. The van der Waals surface area contributed by atoms with Gasteiger partial charge >= 0.3 is 0 Å². The molecule has 1 aliphatic heterocycles. The first-order chi connectivity index (χ1) is 13.0. The van der Waals surface area contributed by atoms with E-state index in [1.165, 1.54) is 5.57 Å². The summed E-state index contributed by atoms with van der Waals surface area (Å²) in [5, 5.41) is 4.05. The van der Waals surface area contributed by atoms with Gasteiger partial charge < -0.3 is 17.2 Å². The van der Waals surface area contributed by atoms with E-state index < -0.39 is 0 Å². The van der Waals surface area contributed by atoms with Crippen molar-refractivity contribution in [2.75, 3.05) is 0 Å². The fourth-order valence-corrected chi connectivity index (χ4v) is 5.29. The van der Waals surface area contributed by atoms with Crippen LogP contribution in [0, 0.1) is 5.92 Å². The van der Waals surface area contributed by atoms with Gasteiger partial charge in [0.05, 0.1) is 6.17 Å². The van der Waals surface area contributed by atoms with Crippen LogP contribution in [0.1, 0.15) is 30.9 Å². The third kappa shape index (κ3) is 4.81. The monoisotopic (exact) mass is 382 g/mol. The van der Waals surface area contributed by atoms with Crippen LogP contribution < -0.4 is 22.5 Å². The molecule has 0 bridgehead atoms. The lowest BCUT2D eigenvalue weighted by Crippen LogP contribution is -2.37. The lowest BCUT2D eigenvalue weighted by molar-refractivity contribution is 0.564. The third-order valence-corrected chi connectivity index (χ3v) is 6.66. The second kappa shape index (κ2) is 9.04. The summed E-state index contributed by atoms with van der Waals surface area (Å²) < 4.78 is 0. The van der Waals surface area contributed by atoms with Crippen molar-refractivity contribution in [1.29, 1.82) is 0 Å². The normalized spacial score (nSPS) is 26.6. The van der Waals surface area contributed by atoms with Crippen LogP contribution in [0.15, 0.2) is 72.3 Å². The van der Waals surface area contributed by atoms with Crippen molar-refractivity contribution in [3.63, 3.8) is 0 Å². The molecule has 0 saturated carbocycles. The minimum atomic E-state index is -0.384. The largest absolute Gasteiger partial charge is 0.315 e. The van der Waals surface area contributed by atoms with Crippen molar-refractivity contribution in [3.05, 3.63) is 83.4 Å². The molecule has 1 fully saturated rings. The number of allylic oxidation sites excluding steroid dienone is 1. The smallest absolute Gasteiger partial charge is 0.104 e. The maximum Gasteiger partial charge on any atom is 0.104 e. The average molecular weight is 383 g/mol. The Kier molecular flexibility index (Phi) is 6.73. The maximum atomic E-state index is 5.88. The van der Waals surface area contributed by atoms with Gasteiger partial charge in [0.1, 0.15) is 5.50 Å². The van der Waals surface area contributed by atoms with Gasteiger partial charge in [0, 0.05) is 17.2 Å². The molecular formula is C22H30N4S. The highest BCUT2D eigenvalue weighted by atomic mass is 32.2. The molecule has 4 nitrogen and oxygen atoms in total. The van der Waals surface area contributed by atoms with Crippen LogP contribution >= 0.6 is 11.8 Å². The Bertz CT molecular complexity index is 708. The van der Waals surface area contributed by atoms with E-state index in [4.69, 9.17) is 17.2 Å². The Morgan fingerprint density at radius 3 is 1.89 bits per heavy atom. The Balaban J connectivity index is 0.000000166. The third-order valence-electron chi connectivity index (χ3n) is 5.21. The van der Waals surface area contributed by atoms with Gasteiger partial charge in [0.2, 0.25) is 0 Å². The zero-order valence-corrected chi connectivity index (χ0v) is 16.8. The highest BCUT2D eigenvalue weighted by Gasteiger charge is 2.40. The highest BCUT2D eigenvalue weighted by molar-refractivity contribution is 8.00. The molecule has 2 aromatic rings. The molecule has 1 saturated heterocycles. The van der Waals surface area contributed by atoms with Crippen LogP contribution in [0.2, 0.25) is 0 Å². The highest BCUT2D eigenvalue weighted by Crippen LogP contribution is 2.39. The molecule has 5 heteroatoms. The fraction of sp³-hybridized carbons (Fsp3) is 0.364. The number of nitrogens with two attached hydrogens (primary N) is 3. The zero-order valence-electron chi connectivity index (χ0n) is 16.0. The lowest BCUT2D eigenvalue weighted by Gasteiger charge is -2.21. The van der Waals surface area contributed by atoms with Crippen LogP contribution in [0.25, 0.3) is 0 Å². The number of benzene rings is 2. The second-order valence-corrected chi connectivity index (χ2v) is 8.64. The fourth-order valence-electron chi connectivity index (χ4n) is 3.95. The molecule has 0 amide bonds. The molecule has 4 rings (SSSR count). The predicted octanol–water partition coefficient (Wildman–Crippen LogP) is 2.96. The van der Waals surface area contributed by atoms with Crippen molar-refractivity contribution in [1.82, 2.24) is 5.32 Å². The van der Waals surface area contributed by atoms with Crippen molar-refractivity contribution < 1.29 is 0 Å². The SMILES string of the molecule is CC1=C[C@@H](C)C2SC(N)NC12.NC(N)C(c1ccccc1)c1ccccc1. The number of hydrogen-bond acceptors (Lipinski definition) is 5. The minimum Gasteiger partial charge on any atom is -0.315 e. The first kappa shape index (κ1) is 20.1. The zero-order chi connectivity index (χ0) is 19.4. The van der Waals surface area contributed by atoms with Gasteiger partial charge in [-0.2, -0.15) is 0 Å². The van der Waals surface area contributed by atoms with E-state index in [0.717, 1.165) is 11.1 Å². The summed E-state index contributed by atoms with van der Waals surface area (Å²) in [7, 11) is 0. The van der Waals surface area contributed by atoms with Gasteiger partial charge in [-0.3, -0.25) is 5.32 Å². The number of rotatable bonds is 3. The molecule has 0 radical (unpaired) electrons. The second-order valence-electron chi connectivity index (χ2n) is 7.31. The Hall–Kier alpha value is -1.63. The number of hydrogen-bond donors (Lipinski definition) is 4. The summed E-state index contributed by atoms with van der Waals surface area (Å²) >= 11 is 1.86. The van der Waals surface area contributed by atoms with Crippen molar-refractivity contribution in [3.8, 4) is 0 Å². The van der Waals surface area contributed by atoms with Gasteiger partial charge in [-0.05, 0) is 24.0 Å². The number of nitrogens with one attached hydrogen (secondary N) is 1. The van der Waals surface area contributed by atoms with Crippen molar-refractivity contribution >= 4 is 11.8 Å². The van der Waals surface area contributed by atoms with E-state index in [1.54, 1.807) is 0 Å². The van der Waals surface area contributed by atoms with Crippen LogP contribution in [-0.4, -0.2) is 23.0 Å². The van der Waals surface area contributed by atoms with E-state index in [1.807, 2.05) is 48.2 Å². The van der Waals surface area contributed by atoms with E-state index in [9.17, 15) is 0 Å². The molecule has 1 heterocycles. The summed E-state index contributed by atoms with van der Waals surface area (Å²) in [5.74, 6) is 0.744. The van der Waals surface area contributed by atoms with E-state index in [0.29, 0.717) is 17.2 Å². The number of thioether (sulfide) groups is 1. The molecule has 0 aromatic heterocycles. The first-order valence-electron chi connectivity index (χ1n) is 9.44. The minimum absolute atomic E-state index is 0.0578. The van der Waals surface area contributed by atoms with Crippen LogP contribution in [-0.2, 0) is 0 Å². The molecule has 3 unspecified atom stereocenters. The van der Waals surface area contributed by atoms with Crippen LogP contribution in [0.5, 0.6) is 0 Å². The molecule has 2 aliphatic rings. The molecule has 27 heavy (non-hydrogen) atoms. The molecule has 4 atom stereocenters. The van der Waals surface area contributed by atoms with E-state index in [-0.39, 0.29) is 17.6 Å². The standard InChI is InChI=1S/C14H16N2.C8H14N2S/c15-14(16)13(11-7-3-1-4-8-11)12-9-5-2-6-10-12;1-4-3-5(2)7-6(4)10-8(9)11-7/h1-10,13-14H,15-16H2;3,5-8,10H,9H2,1-2H3/t;5-,6?,7?,8?/m.1/s1. The Morgan fingerprint density at radius 2 is 1.44 bits per heavy atom.